The normalized spacial score (nSPS) is 15.8. The first-order valence-electron chi connectivity index (χ1n) is 6.47. The molecule has 0 heterocycles. The lowest BCUT2D eigenvalue weighted by Crippen LogP contribution is -2.25. The largest absolute Gasteiger partial charge is 0.504 e. The fourth-order valence-electron chi connectivity index (χ4n) is 2.46. The van der Waals surface area contributed by atoms with Crippen LogP contribution in [0.5, 0.6) is 11.5 Å². The minimum absolute atomic E-state index is 0.205. The van der Waals surface area contributed by atoms with Crippen molar-refractivity contribution in [3.8, 4) is 11.5 Å². The molecule has 0 radical (unpaired) electrons. The fraction of sp³-hybridized carbons (Fsp3) is 0.500. The summed E-state index contributed by atoms with van der Waals surface area (Å²) in [5.74, 6) is 0.0674. The predicted octanol–water partition coefficient (Wildman–Crippen LogP) is 2.41. The van der Waals surface area contributed by atoms with Crippen molar-refractivity contribution in [1.29, 1.82) is 0 Å². The van der Waals surface area contributed by atoms with Crippen LogP contribution in [0.4, 0.5) is 0 Å². The van der Waals surface area contributed by atoms with Gasteiger partial charge < -0.3 is 15.5 Å². The maximum Gasteiger partial charge on any atom is 0.251 e. The lowest BCUT2D eigenvalue weighted by Gasteiger charge is -2.10. The molecule has 1 aromatic rings. The Morgan fingerprint density at radius 3 is 2.61 bits per heavy atom. The third kappa shape index (κ3) is 3.15. The maximum absolute atomic E-state index is 11.8. The van der Waals surface area contributed by atoms with Gasteiger partial charge in [-0.25, -0.2) is 0 Å². The highest BCUT2D eigenvalue weighted by molar-refractivity contribution is 5.94. The van der Waals surface area contributed by atoms with Gasteiger partial charge in [-0.1, -0.05) is 25.7 Å². The molecule has 1 aliphatic rings. The lowest BCUT2D eigenvalue weighted by molar-refractivity contribution is 0.0951. The second-order valence-electron chi connectivity index (χ2n) is 4.90. The summed E-state index contributed by atoms with van der Waals surface area (Å²) >= 11 is 0. The molecule has 98 valence electrons. The lowest BCUT2D eigenvalue weighted by atomic mass is 10.0. The number of carbonyl (C=O) groups excluding carboxylic acids is 1. The van der Waals surface area contributed by atoms with Crippen molar-refractivity contribution in [2.24, 2.45) is 5.92 Å². The third-order valence-corrected chi connectivity index (χ3v) is 3.55. The van der Waals surface area contributed by atoms with Gasteiger partial charge in [-0.3, -0.25) is 4.79 Å². The molecular weight excluding hydrogens is 230 g/mol. The van der Waals surface area contributed by atoms with Gasteiger partial charge in [-0.2, -0.15) is 0 Å². The van der Waals surface area contributed by atoms with Gasteiger partial charge in [-0.05, 0) is 30.5 Å². The van der Waals surface area contributed by atoms with E-state index in [0.717, 1.165) is 12.3 Å². The molecule has 1 aromatic carbocycles. The second kappa shape index (κ2) is 5.76. The zero-order chi connectivity index (χ0) is 13.0. The molecule has 0 bridgehead atoms. The van der Waals surface area contributed by atoms with Crippen LogP contribution in [0.3, 0.4) is 0 Å². The second-order valence-corrected chi connectivity index (χ2v) is 4.90. The highest BCUT2D eigenvalue weighted by Gasteiger charge is 2.15. The number of aromatic hydroxyl groups is 2. The van der Waals surface area contributed by atoms with Crippen LogP contribution in [0.1, 0.15) is 42.5 Å². The first-order chi connectivity index (χ1) is 8.66. The van der Waals surface area contributed by atoms with Crippen molar-refractivity contribution in [2.75, 3.05) is 6.54 Å². The Bertz CT molecular complexity index is 425. The minimum atomic E-state index is -0.265. The molecule has 1 fully saturated rings. The number of phenolic OH excluding ortho intramolecular Hbond substituents is 2. The van der Waals surface area contributed by atoms with Crippen LogP contribution in [-0.4, -0.2) is 22.7 Å². The van der Waals surface area contributed by atoms with Crippen LogP contribution >= 0.6 is 0 Å². The topological polar surface area (TPSA) is 69.6 Å². The smallest absolute Gasteiger partial charge is 0.251 e. The van der Waals surface area contributed by atoms with Gasteiger partial charge in [-0.15, -0.1) is 0 Å². The summed E-state index contributed by atoms with van der Waals surface area (Å²) in [7, 11) is 0. The Hall–Kier alpha value is -1.71. The Balaban J connectivity index is 1.81. The molecule has 2 rings (SSSR count). The first-order valence-corrected chi connectivity index (χ1v) is 6.47. The van der Waals surface area contributed by atoms with E-state index in [2.05, 4.69) is 5.32 Å². The molecule has 1 amide bonds. The van der Waals surface area contributed by atoms with Gasteiger partial charge in [0.25, 0.3) is 5.91 Å². The molecule has 0 aliphatic heterocycles. The van der Waals surface area contributed by atoms with E-state index in [0.29, 0.717) is 12.1 Å². The quantitative estimate of drug-likeness (QED) is 0.718. The molecule has 0 atom stereocenters. The van der Waals surface area contributed by atoms with Gasteiger partial charge in [0, 0.05) is 12.1 Å². The van der Waals surface area contributed by atoms with Crippen LogP contribution in [0.25, 0.3) is 0 Å². The molecule has 1 saturated carbocycles. The minimum Gasteiger partial charge on any atom is -0.504 e. The fourth-order valence-corrected chi connectivity index (χ4v) is 2.46. The molecule has 0 saturated heterocycles. The molecular formula is C14H19NO3. The molecule has 4 heteroatoms. The molecule has 3 N–H and O–H groups in total. The monoisotopic (exact) mass is 249 g/mol. The number of hydrogen-bond donors (Lipinski definition) is 3. The van der Waals surface area contributed by atoms with Crippen LogP contribution in [0.15, 0.2) is 18.2 Å². The number of rotatable bonds is 4. The highest BCUT2D eigenvalue weighted by atomic mass is 16.3. The molecule has 0 spiro atoms. The zero-order valence-corrected chi connectivity index (χ0v) is 10.4. The zero-order valence-electron chi connectivity index (χ0n) is 10.4. The van der Waals surface area contributed by atoms with Crippen molar-refractivity contribution >= 4 is 5.91 Å². The van der Waals surface area contributed by atoms with Gasteiger partial charge in [0.05, 0.1) is 0 Å². The standard InChI is InChI=1S/C14H19NO3/c16-12-6-5-11(9-13(12)17)14(18)15-8-7-10-3-1-2-4-10/h5-6,9-10,16-17H,1-4,7-8H2,(H,15,18). The van der Waals surface area contributed by atoms with Gasteiger partial charge in [0.15, 0.2) is 11.5 Å². The van der Waals surface area contributed by atoms with E-state index in [1.54, 1.807) is 0 Å². The first kappa shape index (κ1) is 12.7. The van der Waals surface area contributed by atoms with Crippen LogP contribution in [0, 0.1) is 5.92 Å². The van der Waals surface area contributed by atoms with E-state index in [4.69, 9.17) is 5.11 Å². The molecule has 0 aromatic heterocycles. The maximum atomic E-state index is 11.8. The van der Waals surface area contributed by atoms with Gasteiger partial charge >= 0.3 is 0 Å². The summed E-state index contributed by atoms with van der Waals surface area (Å²) in [5.41, 5.74) is 0.372. The van der Waals surface area contributed by atoms with E-state index in [-0.39, 0.29) is 17.4 Å². The van der Waals surface area contributed by atoms with E-state index in [1.165, 1.54) is 43.9 Å². The Morgan fingerprint density at radius 1 is 1.22 bits per heavy atom. The van der Waals surface area contributed by atoms with Gasteiger partial charge in [0.1, 0.15) is 0 Å². The number of hydrogen-bond acceptors (Lipinski definition) is 3. The van der Waals surface area contributed by atoms with E-state index >= 15 is 0 Å². The van der Waals surface area contributed by atoms with Crippen molar-refractivity contribution in [3.63, 3.8) is 0 Å². The van der Waals surface area contributed by atoms with Crippen molar-refractivity contribution in [1.82, 2.24) is 5.32 Å². The summed E-state index contributed by atoms with van der Waals surface area (Å²) in [6.45, 7) is 0.672. The number of nitrogens with one attached hydrogen (secondary N) is 1. The Morgan fingerprint density at radius 2 is 1.94 bits per heavy atom. The van der Waals surface area contributed by atoms with E-state index < -0.39 is 0 Å². The predicted molar refractivity (Wildman–Crippen MR) is 68.7 cm³/mol. The molecule has 0 unspecified atom stereocenters. The third-order valence-electron chi connectivity index (χ3n) is 3.55. The molecule has 4 nitrogen and oxygen atoms in total. The average molecular weight is 249 g/mol. The van der Waals surface area contributed by atoms with E-state index in [1.807, 2.05) is 0 Å². The van der Waals surface area contributed by atoms with Crippen molar-refractivity contribution < 1.29 is 15.0 Å². The summed E-state index contributed by atoms with van der Waals surface area (Å²) in [6.07, 6.45) is 6.19. The Kier molecular flexibility index (Phi) is 4.07. The summed E-state index contributed by atoms with van der Waals surface area (Å²) in [5, 5.41) is 21.3. The average Bonchev–Trinajstić information content (AvgIpc) is 2.85. The van der Waals surface area contributed by atoms with Crippen LogP contribution in [0.2, 0.25) is 0 Å². The SMILES string of the molecule is O=C(NCCC1CCCC1)c1ccc(O)c(O)c1. The number of phenols is 2. The number of amides is 1. The highest BCUT2D eigenvalue weighted by Crippen LogP contribution is 2.27. The molecule has 1 aliphatic carbocycles. The van der Waals surface area contributed by atoms with Crippen LogP contribution in [-0.2, 0) is 0 Å². The van der Waals surface area contributed by atoms with Crippen LogP contribution < -0.4 is 5.32 Å². The summed E-state index contributed by atoms with van der Waals surface area (Å²) in [4.78, 5) is 11.8. The molecule has 18 heavy (non-hydrogen) atoms. The number of benzene rings is 1. The van der Waals surface area contributed by atoms with Crippen molar-refractivity contribution in [3.05, 3.63) is 23.8 Å². The Labute approximate surface area is 107 Å². The number of carbonyl (C=O) groups is 1. The summed E-state index contributed by atoms with van der Waals surface area (Å²) in [6, 6.07) is 4.10. The summed E-state index contributed by atoms with van der Waals surface area (Å²) < 4.78 is 0. The van der Waals surface area contributed by atoms with Crippen molar-refractivity contribution in [2.45, 2.75) is 32.1 Å². The van der Waals surface area contributed by atoms with Gasteiger partial charge in [0.2, 0.25) is 0 Å². The van der Waals surface area contributed by atoms with E-state index in [9.17, 15) is 9.90 Å².